The maximum Gasteiger partial charge on any atom is 0.229 e. The van der Waals surface area contributed by atoms with E-state index in [0.29, 0.717) is 11.6 Å². The molecule has 2 N–H and O–H groups in total. The molecule has 0 aliphatic carbocycles. The van der Waals surface area contributed by atoms with Crippen molar-refractivity contribution in [1.29, 1.82) is 0 Å². The molecule has 6 heteroatoms. The SMILES string of the molecule is COc1cc(-c2cnoc2N)ccc1OC1CCCN(C)C1. The molecule has 118 valence electrons. The number of likely N-dealkylation sites (tertiary alicyclic amines) is 1. The van der Waals surface area contributed by atoms with E-state index in [1.807, 2.05) is 18.2 Å². The highest BCUT2D eigenvalue weighted by Crippen LogP contribution is 2.35. The van der Waals surface area contributed by atoms with Gasteiger partial charge in [-0.3, -0.25) is 0 Å². The van der Waals surface area contributed by atoms with Gasteiger partial charge in [0.25, 0.3) is 0 Å². The highest BCUT2D eigenvalue weighted by atomic mass is 16.5. The Morgan fingerprint density at radius 3 is 2.91 bits per heavy atom. The fourth-order valence-corrected chi connectivity index (χ4v) is 2.79. The van der Waals surface area contributed by atoms with E-state index in [2.05, 4.69) is 17.1 Å². The predicted molar refractivity (Wildman–Crippen MR) is 84.1 cm³/mol. The number of hydrogen-bond donors (Lipinski definition) is 1. The summed E-state index contributed by atoms with van der Waals surface area (Å²) >= 11 is 0. The Morgan fingerprint density at radius 2 is 2.23 bits per heavy atom. The number of methoxy groups -OCH3 is 1. The number of likely N-dealkylation sites (N-methyl/N-ethyl adjacent to an activating group) is 1. The molecule has 1 aromatic heterocycles. The van der Waals surface area contributed by atoms with E-state index in [4.69, 9.17) is 19.7 Å². The Balaban J connectivity index is 1.82. The zero-order valence-electron chi connectivity index (χ0n) is 12.9. The third kappa shape index (κ3) is 3.01. The average Bonchev–Trinajstić information content (AvgIpc) is 2.94. The van der Waals surface area contributed by atoms with Crippen LogP contribution in [0.25, 0.3) is 11.1 Å². The fraction of sp³-hybridized carbons (Fsp3) is 0.438. The average molecular weight is 303 g/mol. The number of nitrogens with zero attached hydrogens (tertiary/aromatic N) is 2. The second-order valence-corrected chi connectivity index (χ2v) is 5.61. The molecule has 0 spiro atoms. The lowest BCUT2D eigenvalue weighted by Gasteiger charge is -2.30. The molecule has 1 fully saturated rings. The fourth-order valence-electron chi connectivity index (χ4n) is 2.79. The standard InChI is InChI=1S/C16H21N3O3/c1-19-7-3-4-12(10-19)21-14-6-5-11(8-15(14)20-2)13-9-18-22-16(13)17/h5-6,8-9,12H,3-4,7,10,17H2,1-2H3. The van der Waals surface area contributed by atoms with Crippen LogP contribution in [0.2, 0.25) is 0 Å². The van der Waals surface area contributed by atoms with Gasteiger partial charge in [0.15, 0.2) is 11.5 Å². The van der Waals surface area contributed by atoms with Crippen molar-refractivity contribution >= 4 is 5.88 Å². The van der Waals surface area contributed by atoms with Gasteiger partial charge >= 0.3 is 0 Å². The Labute approximate surface area is 129 Å². The van der Waals surface area contributed by atoms with E-state index in [0.717, 1.165) is 42.8 Å². The molecule has 22 heavy (non-hydrogen) atoms. The van der Waals surface area contributed by atoms with E-state index in [1.165, 1.54) is 0 Å². The topological polar surface area (TPSA) is 73.8 Å². The van der Waals surface area contributed by atoms with Crippen molar-refractivity contribution in [2.45, 2.75) is 18.9 Å². The number of piperidine rings is 1. The molecule has 0 radical (unpaired) electrons. The maximum atomic E-state index is 6.11. The van der Waals surface area contributed by atoms with Gasteiger partial charge in [-0.05, 0) is 44.1 Å². The molecule has 1 aliphatic heterocycles. The van der Waals surface area contributed by atoms with Gasteiger partial charge < -0.3 is 24.6 Å². The summed E-state index contributed by atoms with van der Waals surface area (Å²) in [6, 6.07) is 5.74. The molecule has 3 rings (SSSR count). The zero-order valence-corrected chi connectivity index (χ0v) is 12.9. The first kappa shape index (κ1) is 14.7. The number of ether oxygens (including phenoxy) is 2. The molecule has 1 aromatic carbocycles. The first-order chi connectivity index (χ1) is 10.7. The molecule has 2 aromatic rings. The minimum atomic E-state index is 0.194. The number of hydrogen-bond acceptors (Lipinski definition) is 6. The van der Waals surface area contributed by atoms with E-state index >= 15 is 0 Å². The maximum absolute atomic E-state index is 6.11. The number of rotatable bonds is 4. The van der Waals surface area contributed by atoms with E-state index < -0.39 is 0 Å². The summed E-state index contributed by atoms with van der Waals surface area (Å²) in [6.45, 7) is 2.06. The molecule has 6 nitrogen and oxygen atoms in total. The van der Waals surface area contributed by atoms with E-state index in [1.54, 1.807) is 13.3 Å². The number of benzene rings is 1. The second kappa shape index (κ2) is 6.27. The summed E-state index contributed by atoms with van der Waals surface area (Å²) in [7, 11) is 3.75. The lowest BCUT2D eigenvalue weighted by molar-refractivity contribution is 0.101. The molecular weight excluding hydrogens is 282 g/mol. The van der Waals surface area contributed by atoms with Crippen molar-refractivity contribution < 1.29 is 14.0 Å². The van der Waals surface area contributed by atoms with E-state index in [-0.39, 0.29) is 6.10 Å². The van der Waals surface area contributed by atoms with Crippen molar-refractivity contribution in [2.75, 3.05) is 33.0 Å². The van der Waals surface area contributed by atoms with Crippen LogP contribution in [0.3, 0.4) is 0 Å². The van der Waals surface area contributed by atoms with Gasteiger partial charge in [-0.2, -0.15) is 0 Å². The van der Waals surface area contributed by atoms with Crippen LogP contribution < -0.4 is 15.2 Å². The van der Waals surface area contributed by atoms with Crippen LogP contribution in [0.1, 0.15) is 12.8 Å². The summed E-state index contributed by atoms with van der Waals surface area (Å²) < 4.78 is 16.5. The molecule has 2 heterocycles. The van der Waals surface area contributed by atoms with Gasteiger partial charge in [0.05, 0.1) is 18.9 Å². The summed E-state index contributed by atoms with van der Waals surface area (Å²) in [5.74, 6) is 1.73. The third-order valence-corrected chi connectivity index (χ3v) is 3.95. The first-order valence-electron chi connectivity index (χ1n) is 7.41. The van der Waals surface area contributed by atoms with Crippen LogP contribution in [0.15, 0.2) is 28.9 Å². The third-order valence-electron chi connectivity index (χ3n) is 3.95. The van der Waals surface area contributed by atoms with Crippen molar-refractivity contribution in [1.82, 2.24) is 10.1 Å². The minimum absolute atomic E-state index is 0.194. The van der Waals surface area contributed by atoms with Crippen LogP contribution >= 0.6 is 0 Å². The molecule has 0 amide bonds. The molecule has 1 saturated heterocycles. The number of nitrogens with two attached hydrogens (primary N) is 1. The lowest BCUT2D eigenvalue weighted by Crippen LogP contribution is -2.38. The van der Waals surface area contributed by atoms with Gasteiger partial charge in [-0.15, -0.1) is 0 Å². The summed E-state index contributed by atoms with van der Waals surface area (Å²) in [5.41, 5.74) is 7.40. The Bertz CT molecular complexity index is 641. The largest absolute Gasteiger partial charge is 0.493 e. The van der Waals surface area contributed by atoms with Gasteiger partial charge in [0, 0.05) is 6.54 Å². The zero-order chi connectivity index (χ0) is 15.5. The molecular formula is C16H21N3O3. The van der Waals surface area contributed by atoms with Crippen LogP contribution in [0.4, 0.5) is 5.88 Å². The molecule has 1 aliphatic rings. The predicted octanol–water partition coefficient (Wildman–Crippen LogP) is 2.41. The second-order valence-electron chi connectivity index (χ2n) is 5.61. The van der Waals surface area contributed by atoms with Crippen molar-refractivity contribution in [3.8, 4) is 22.6 Å². The normalized spacial score (nSPS) is 19.1. The summed E-state index contributed by atoms with van der Waals surface area (Å²) in [4.78, 5) is 2.28. The Hall–Kier alpha value is -2.21. The van der Waals surface area contributed by atoms with Gasteiger partial charge in [0.2, 0.25) is 5.88 Å². The number of aromatic nitrogens is 1. The molecule has 1 atom stereocenters. The Kier molecular flexibility index (Phi) is 4.20. The highest BCUT2D eigenvalue weighted by molar-refractivity contribution is 5.74. The molecule has 0 bridgehead atoms. The van der Waals surface area contributed by atoms with E-state index in [9.17, 15) is 0 Å². The lowest BCUT2D eigenvalue weighted by atomic mass is 10.1. The Morgan fingerprint density at radius 1 is 1.36 bits per heavy atom. The first-order valence-corrected chi connectivity index (χ1v) is 7.41. The van der Waals surface area contributed by atoms with Gasteiger partial charge in [-0.25, -0.2) is 0 Å². The molecule has 0 saturated carbocycles. The van der Waals surface area contributed by atoms with Crippen LogP contribution in [0, 0.1) is 0 Å². The monoisotopic (exact) mass is 303 g/mol. The van der Waals surface area contributed by atoms with Gasteiger partial charge in [0.1, 0.15) is 6.10 Å². The number of anilines is 1. The van der Waals surface area contributed by atoms with Crippen LogP contribution in [0.5, 0.6) is 11.5 Å². The van der Waals surface area contributed by atoms with Crippen molar-refractivity contribution in [3.05, 3.63) is 24.4 Å². The van der Waals surface area contributed by atoms with Crippen molar-refractivity contribution in [3.63, 3.8) is 0 Å². The van der Waals surface area contributed by atoms with Crippen molar-refractivity contribution in [2.24, 2.45) is 0 Å². The quantitative estimate of drug-likeness (QED) is 0.935. The summed E-state index contributed by atoms with van der Waals surface area (Å²) in [6.07, 6.45) is 4.01. The smallest absolute Gasteiger partial charge is 0.229 e. The minimum Gasteiger partial charge on any atom is -0.493 e. The van der Waals surface area contributed by atoms with Crippen LogP contribution in [-0.2, 0) is 0 Å². The highest BCUT2D eigenvalue weighted by Gasteiger charge is 2.20. The molecule has 1 unspecified atom stereocenters. The van der Waals surface area contributed by atoms with Gasteiger partial charge in [-0.1, -0.05) is 11.2 Å². The number of nitrogen functional groups attached to an aromatic ring is 1. The summed E-state index contributed by atoms with van der Waals surface area (Å²) in [5, 5.41) is 3.70. The van der Waals surface area contributed by atoms with Crippen LogP contribution in [-0.4, -0.2) is 43.4 Å².